The van der Waals surface area contributed by atoms with E-state index in [-0.39, 0.29) is 29.5 Å². The van der Waals surface area contributed by atoms with Crippen molar-refractivity contribution >= 4 is 34.5 Å². The van der Waals surface area contributed by atoms with E-state index in [0.29, 0.717) is 6.61 Å². The van der Waals surface area contributed by atoms with Gasteiger partial charge >= 0.3 is 0 Å². The van der Waals surface area contributed by atoms with Crippen LogP contribution in [0.1, 0.15) is 29.3 Å². The van der Waals surface area contributed by atoms with Crippen molar-refractivity contribution in [3.8, 4) is 0 Å². The highest BCUT2D eigenvalue weighted by atomic mass is 32.1. The van der Waals surface area contributed by atoms with Crippen LogP contribution in [0, 0.1) is 10.1 Å². The van der Waals surface area contributed by atoms with Gasteiger partial charge in [0.15, 0.2) is 0 Å². The number of ether oxygens (including phenoxy) is 1. The van der Waals surface area contributed by atoms with Crippen molar-refractivity contribution in [1.29, 1.82) is 0 Å². The smallest absolute Gasteiger partial charge is 0.295 e. The Balaban J connectivity index is 1.80. The Morgan fingerprint density at radius 2 is 2.14 bits per heavy atom. The zero-order valence-electron chi connectivity index (χ0n) is 15.3. The van der Waals surface area contributed by atoms with Gasteiger partial charge in [0.25, 0.3) is 17.4 Å². The Labute approximate surface area is 170 Å². The molecule has 2 aliphatic heterocycles. The summed E-state index contributed by atoms with van der Waals surface area (Å²) in [6.45, 7) is 0.866. The van der Waals surface area contributed by atoms with Gasteiger partial charge in [-0.05, 0) is 24.3 Å². The first-order chi connectivity index (χ1) is 14.0. The third-order valence-corrected chi connectivity index (χ3v) is 6.03. The van der Waals surface area contributed by atoms with Crippen LogP contribution in [0.15, 0.2) is 47.4 Å². The van der Waals surface area contributed by atoms with E-state index in [9.17, 15) is 24.8 Å². The van der Waals surface area contributed by atoms with Crippen molar-refractivity contribution in [3.63, 3.8) is 0 Å². The topological polar surface area (TPSA) is 110 Å². The number of likely N-dealkylation sites (tertiary alicyclic amines) is 1. The molecule has 0 saturated carbocycles. The third-order valence-electron chi connectivity index (χ3n) is 5.11. The first-order valence-corrected chi connectivity index (χ1v) is 10.0. The number of ketones is 1. The maximum absolute atomic E-state index is 12.8. The van der Waals surface area contributed by atoms with Crippen LogP contribution in [-0.2, 0) is 14.3 Å². The number of non-ortho nitro benzene ring substituents is 1. The molecule has 2 atom stereocenters. The third kappa shape index (κ3) is 3.54. The van der Waals surface area contributed by atoms with Crippen LogP contribution in [0.4, 0.5) is 5.69 Å². The molecule has 0 bridgehead atoms. The predicted octanol–water partition coefficient (Wildman–Crippen LogP) is 3.26. The molecule has 1 aromatic carbocycles. The number of nitrogens with zero attached hydrogens (tertiary/aromatic N) is 2. The average Bonchev–Trinajstić information content (AvgIpc) is 3.46. The highest BCUT2D eigenvalue weighted by Gasteiger charge is 2.47. The molecule has 29 heavy (non-hydrogen) atoms. The maximum atomic E-state index is 12.8. The summed E-state index contributed by atoms with van der Waals surface area (Å²) in [5.74, 6) is -1.92. The van der Waals surface area contributed by atoms with Crippen LogP contribution in [0.3, 0.4) is 0 Å². The van der Waals surface area contributed by atoms with Crippen LogP contribution in [0.5, 0.6) is 0 Å². The van der Waals surface area contributed by atoms with Gasteiger partial charge in [-0.1, -0.05) is 18.2 Å². The van der Waals surface area contributed by atoms with Crippen molar-refractivity contribution < 1.29 is 24.4 Å². The number of nitro groups is 1. The molecule has 0 aliphatic carbocycles. The van der Waals surface area contributed by atoms with E-state index >= 15 is 0 Å². The minimum Gasteiger partial charge on any atom is -0.507 e. The molecule has 2 aliphatic rings. The summed E-state index contributed by atoms with van der Waals surface area (Å²) in [6.07, 6.45) is 1.53. The number of amides is 1. The first kappa shape index (κ1) is 19.3. The fraction of sp³-hybridized carbons (Fsp3) is 0.300. The largest absolute Gasteiger partial charge is 0.507 e. The van der Waals surface area contributed by atoms with Gasteiger partial charge in [-0.15, -0.1) is 11.3 Å². The summed E-state index contributed by atoms with van der Waals surface area (Å²) in [5.41, 5.74) is -0.151. The Bertz CT molecular complexity index is 994. The number of hydrogen-bond donors (Lipinski definition) is 1. The molecule has 1 amide bonds. The SMILES string of the molecule is O=C1C(=O)N(CC2CCCO2)C(c2cccs2)/C1=C(/O)c1cccc([N+](=O)[O-])c1. The second kappa shape index (κ2) is 7.76. The molecule has 1 N–H and O–H groups in total. The Kier molecular flexibility index (Phi) is 5.16. The summed E-state index contributed by atoms with van der Waals surface area (Å²) in [6, 6.07) is 8.23. The van der Waals surface area contributed by atoms with Crippen molar-refractivity contribution in [3.05, 3.63) is 67.9 Å². The Hall–Kier alpha value is -3.04. The molecule has 2 aromatic rings. The van der Waals surface area contributed by atoms with Crippen LogP contribution < -0.4 is 0 Å². The molecular formula is C20H18N2O6S. The molecule has 4 rings (SSSR count). The monoisotopic (exact) mass is 414 g/mol. The number of rotatable bonds is 5. The number of aliphatic hydroxyl groups excluding tert-OH is 1. The van der Waals surface area contributed by atoms with Crippen molar-refractivity contribution in [2.24, 2.45) is 0 Å². The van der Waals surface area contributed by atoms with Gasteiger partial charge in [-0.3, -0.25) is 19.7 Å². The van der Waals surface area contributed by atoms with E-state index in [4.69, 9.17) is 4.74 Å². The van der Waals surface area contributed by atoms with Crippen molar-refractivity contribution in [2.75, 3.05) is 13.2 Å². The van der Waals surface area contributed by atoms with Gasteiger partial charge in [0.05, 0.1) is 22.6 Å². The molecular weight excluding hydrogens is 396 g/mol. The van der Waals surface area contributed by atoms with Crippen LogP contribution in [-0.4, -0.2) is 45.9 Å². The molecule has 3 heterocycles. The molecule has 0 spiro atoms. The summed E-state index contributed by atoms with van der Waals surface area (Å²) in [4.78, 5) is 38.3. The van der Waals surface area contributed by atoms with E-state index in [1.165, 1.54) is 40.5 Å². The lowest BCUT2D eigenvalue weighted by molar-refractivity contribution is -0.384. The Morgan fingerprint density at radius 3 is 2.79 bits per heavy atom. The molecule has 9 heteroatoms. The van der Waals surface area contributed by atoms with Crippen molar-refractivity contribution in [1.82, 2.24) is 4.90 Å². The molecule has 2 saturated heterocycles. The highest BCUT2D eigenvalue weighted by Crippen LogP contribution is 2.41. The van der Waals surface area contributed by atoms with Crippen LogP contribution >= 0.6 is 11.3 Å². The fourth-order valence-electron chi connectivity index (χ4n) is 3.74. The Morgan fingerprint density at radius 1 is 1.31 bits per heavy atom. The first-order valence-electron chi connectivity index (χ1n) is 9.15. The molecule has 8 nitrogen and oxygen atoms in total. The van der Waals surface area contributed by atoms with Gasteiger partial charge in [0.1, 0.15) is 5.76 Å². The molecule has 1 aromatic heterocycles. The zero-order valence-corrected chi connectivity index (χ0v) is 16.1. The van der Waals surface area contributed by atoms with E-state index in [1.54, 1.807) is 12.1 Å². The number of benzene rings is 1. The number of hydrogen-bond acceptors (Lipinski definition) is 7. The standard InChI is InChI=1S/C20H18N2O6S/c23-18(12-4-1-5-13(10-12)22(26)27)16-17(15-7-3-9-29-15)21(20(25)19(16)24)11-14-6-2-8-28-14/h1,3-5,7,9-10,14,17,23H,2,6,8,11H2/b18-16-. The lowest BCUT2D eigenvalue weighted by Gasteiger charge is -2.26. The number of thiophene rings is 1. The van der Waals surface area contributed by atoms with Gasteiger partial charge in [-0.2, -0.15) is 0 Å². The maximum Gasteiger partial charge on any atom is 0.295 e. The minimum absolute atomic E-state index is 0.0593. The molecule has 150 valence electrons. The summed E-state index contributed by atoms with van der Waals surface area (Å²) in [5, 5.41) is 23.8. The van der Waals surface area contributed by atoms with Crippen LogP contribution in [0.2, 0.25) is 0 Å². The van der Waals surface area contributed by atoms with Gasteiger partial charge < -0.3 is 14.7 Å². The second-order valence-electron chi connectivity index (χ2n) is 6.91. The lowest BCUT2D eigenvalue weighted by atomic mass is 9.99. The highest BCUT2D eigenvalue weighted by molar-refractivity contribution is 7.10. The predicted molar refractivity (Wildman–Crippen MR) is 105 cm³/mol. The number of aliphatic hydroxyl groups is 1. The minimum atomic E-state index is -0.801. The van der Waals surface area contributed by atoms with Gasteiger partial charge in [-0.25, -0.2) is 0 Å². The summed E-state index contributed by atoms with van der Waals surface area (Å²) >= 11 is 1.37. The molecule has 0 radical (unpaired) electrons. The lowest BCUT2D eigenvalue weighted by Crippen LogP contribution is -2.36. The normalized spacial score (nSPS) is 23.7. The summed E-state index contributed by atoms with van der Waals surface area (Å²) in [7, 11) is 0. The summed E-state index contributed by atoms with van der Waals surface area (Å²) < 4.78 is 5.63. The zero-order chi connectivity index (χ0) is 20.5. The number of carbonyl (C=O) groups excluding carboxylic acids is 2. The number of carbonyl (C=O) groups is 2. The molecule has 2 unspecified atom stereocenters. The average molecular weight is 414 g/mol. The van der Waals surface area contributed by atoms with E-state index in [0.717, 1.165) is 17.7 Å². The van der Waals surface area contributed by atoms with Gasteiger partial charge in [0, 0.05) is 35.7 Å². The van der Waals surface area contributed by atoms with Crippen LogP contribution in [0.25, 0.3) is 5.76 Å². The van der Waals surface area contributed by atoms with Crippen molar-refractivity contribution in [2.45, 2.75) is 25.0 Å². The molecule has 2 fully saturated rings. The van der Waals surface area contributed by atoms with Gasteiger partial charge in [0.2, 0.25) is 0 Å². The van der Waals surface area contributed by atoms with E-state index in [2.05, 4.69) is 0 Å². The van der Waals surface area contributed by atoms with E-state index in [1.807, 2.05) is 5.38 Å². The fourth-order valence-corrected chi connectivity index (χ4v) is 4.59. The quantitative estimate of drug-likeness (QED) is 0.264. The van der Waals surface area contributed by atoms with E-state index < -0.39 is 28.4 Å². The number of Topliss-reactive ketones (excluding diaryl/α,β-unsaturated/α-hetero) is 1. The second-order valence-corrected chi connectivity index (χ2v) is 7.89. The number of nitro benzene ring substituents is 1.